The number of amides is 3. The Morgan fingerprint density at radius 3 is 2.65 bits per heavy atom. The molecule has 1 aliphatic rings. The van der Waals surface area contributed by atoms with Crippen LogP contribution < -0.4 is 15.9 Å². The maximum atomic E-state index is 11.9. The summed E-state index contributed by atoms with van der Waals surface area (Å²) in [5.74, 6) is 5.47. The molecule has 1 fully saturated rings. The molecule has 0 bridgehead atoms. The van der Waals surface area contributed by atoms with Crippen LogP contribution in [0.25, 0.3) is 0 Å². The molecule has 1 heterocycles. The highest BCUT2D eigenvalue weighted by molar-refractivity contribution is 6.06. The monoisotopic (exact) mass is 235 g/mol. The van der Waals surface area contributed by atoms with Crippen molar-refractivity contribution in [1.29, 1.82) is 0 Å². The van der Waals surface area contributed by atoms with Crippen molar-refractivity contribution in [1.82, 2.24) is 10.3 Å². The standard InChI is InChI=1S/C11H13N3O3/c1-11(9(15)14(12)10(16)13-11)7-4-3-5-8(6-7)17-2/h3-6H,12H2,1-2H3,(H,13,16)/t11-/m1/s1. The van der Waals surface area contributed by atoms with E-state index in [1.807, 2.05) is 0 Å². The van der Waals surface area contributed by atoms with Gasteiger partial charge in [-0.25, -0.2) is 10.6 Å². The van der Waals surface area contributed by atoms with E-state index in [0.29, 0.717) is 16.3 Å². The lowest BCUT2D eigenvalue weighted by molar-refractivity contribution is -0.131. The van der Waals surface area contributed by atoms with Gasteiger partial charge in [-0.3, -0.25) is 4.79 Å². The molecule has 90 valence electrons. The van der Waals surface area contributed by atoms with E-state index in [9.17, 15) is 9.59 Å². The van der Waals surface area contributed by atoms with E-state index >= 15 is 0 Å². The zero-order chi connectivity index (χ0) is 12.6. The van der Waals surface area contributed by atoms with Gasteiger partial charge in [0.1, 0.15) is 11.3 Å². The van der Waals surface area contributed by atoms with Crippen molar-refractivity contribution in [2.24, 2.45) is 5.84 Å². The average molecular weight is 235 g/mol. The molecule has 0 aromatic heterocycles. The minimum Gasteiger partial charge on any atom is -0.497 e. The van der Waals surface area contributed by atoms with E-state index < -0.39 is 17.5 Å². The molecule has 6 nitrogen and oxygen atoms in total. The minimum atomic E-state index is -1.14. The molecule has 1 aromatic rings. The number of nitrogens with two attached hydrogens (primary N) is 1. The van der Waals surface area contributed by atoms with E-state index in [-0.39, 0.29) is 0 Å². The van der Waals surface area contributed by atoms with Gasteiger partial charge in [-0.05, 0) is 24.6 Å². The Balaban J connectivity index is 2.45. The summed E-state index contributed by atoms with van der Waals surface area (Å²) in [6, 6.07) is 6.32. The van der Waals surface area contributed by atoms with Gasteiger partial charge in [-0.2, -0.15) is 5.01 Å². The van der Waals surface area contributed by atoms with Crippen molar-refractivity contribution in [2.75, 3.05) is 7.11 Å². The van der Waals surface area contributed by atoms with Gasteiger partial charge >= 0.3 is 6.03 Å². The third-order valence-electron chi connectivity index (χ3n) is 2.87. The van der Waals surface area contributed by atoms with Gasteiger partial charge in [0, 0.05) is 0 Å². The number of rotatable bonds is 2. The Morgan fingerprint density at radius 1 is 1.41 bits per heavy atom. The van der Waals surface area contributed by atoms with E-state index in [4.69, 9.17) is 10.6 Å². The SMILES string of the molecule is COc1cccc([C@@]2(C)NC(=O)N(N)C2=O)c1. The molecule has 17 heavy (non-hydrogen) atoms. The molecular formula is C11H13N3O3. The molecule has 1 aliphatic heterocycles. The third-order valence-corrected chi connectivity index (χ3v) is 2.87. The molecule has 3 N–H and O–H groups in total. The first kappa shape index (κ1) is 11.4. The number of carbonyl (C=O) groups is 2. The highest BCUT2D eigenvalue weighted by Gasteiger charge is 2.48. The molecule has 2 rings (SSSR count). The maximum absolute atomic E-state index is 11.9. The Bertz CT molecular complexity index is 489. The van der Waals surface area contributed by atoms with Crippen molar-refractivity contribution in [3.05, 3.63) is 29.8 Å². The summed E-state index contributed by atoms with van der Waals surface area (Å²) in [4.78, 5) is 23.3. The quantitative estimate of drug-likeness (QED) is 0.439. The lowest BCUT2D eigenvalue weighted by atomic mass is 9.92. The molecular weight excluding hydrogens is 222 g/mol. The zero-order valence-corrected chi connectivity index (χ0v) is 9.56. The molecule has 1 aromatic carbocycles. The van der Waals surface area contributed by atoms with E-state index in [1.54, 1.807) is 31.2 Å². The summed E-state index contributed by atoms with van der Waals surface area (Å²) >= 11 is 0. The highest BCUT2D eigenvalue weighted by Crippen LogP contribution is 2.29. The summed E-state index contributed by atoms with van der Waals surface area (Å²) in [5, 5.41) is 3.14. The van der Waals surface area contributed by atoms with Gasteiger partial charge < -0.3 is 10.1 Å². The molecule has 0 aliphatic carbocycles. The van der Waals surface area contributed by atoms with Crippen LogP contribution in [0, 0.1) is 0 Å². The van der Waals surface area contributed by atoms with Crippen LogP contribution in [-0.2, 0) is 10.3 Å². The predicted molar refractivity (Wildman–Crippen MR) is 59.9 cm³/mol. The Morgan fingerprint density at radius 2 is 2.12 bits per heavy atom. The number of hydrazine groups is 1. The van der Waals surface area contributed by atoms with Crippen molar-refractivity contribution in [3.63, 3.8) is 0 Å². The average Bonchev–Trinajstić information content (AvgIpc) is 2.55. The first-order valence-electron chi connectivity index (χ1n) is 5.05. The number of ether oxygens (including phenoxy) is 1. The number of hydrogen-bond donors (Lipinski definition) is 2. The first-order chi connectivity index (χ1) is 7.99. The smallest absolute Gasteiger partial charge is 0.339 e. The minimum absolute atomic E-state index is 0.490. The number of benzene rings is 1. The number of urea groups is 1. The summed E-state index contributed by atoms with van der Waals surface area (Å²) in [7, 11) is 1.53. The molecule has 1 atom stereocenters. The van der Waals surface area contributed by atoms with Crippen molar-refractivity contribution in [3.8, 4) is 5.75 Å². The van der Waals surface area contributed by atoms with Crippen LogP contribution in [0.4, 0.5) is 4.79 Å². The van der Waals surface area contributed by atoms with Crippen molar-refractivity contribution < 1.29 is 14.3 Å². The second-order valence-corrected chi connectivity index (χ2v) is 3.96. The van der Waals surface area contributed by atoms with Crippen LogP contribution in [0.3, 0.4) is 0 Å². The molecule has 0 saturated carbocycles. The van der Waals surface area contributed by atoms with Gasteiger partial charge in [0.15, 0.2) is 0 Å². The first-order valence-corrected chi connectivity index (χ1v) is 5.05. The lowest BCUT2D eigenvalue weighted by Crippen LogP contribution is -2.42. The van der Waals surface area contributed by atoms with E-state index in [2.05, 4.69) is 5.32 Å². The molecule has 6 heteroatoms. The fourth-order valence-corrected chi connectivity index (χ4v) is 1.79. The van der Waals surface area contributed by atoms with Gasteiger partial charge in [0.25, 0.3) is 5.91 Å². The Kier molecular flexibility index (Phi) is 2.51. The Labute approximate surface area is 98.3 Å². The topological polar surface area (TPSA) is 84.7 Å². The number of nitrogens with zero attached hydrogens (tertiary/aromatic N) is 1. The van der Waals surface area contributed by atoms with Gasteiger partial charge in [-0.15, -0.1) is 0 Å². The van der Waals surface area contributed by atoms with Crippen molar-refractivity contribution in [2.45, 2.75) is 12.5 Å². The second-order valence-electron chi connectivity index (χ2n) is 3.96. The number of hydrogen-bond acceptors (Lipinski definition) is 4. The van der Waals surface area contributed by atoms with Crippen LogP contribution in [0.1, 0.15) is 12.5 Å². The molecule has 3 amide bonds. The Hall–Kier alpha value is -2.08. The summed E-state index contributed by atoms with van der Waals surface area (Å²) in [6.45, 7) is 1.61. The van der Waals surface area contributed by atoms with Gasteiger partial charge in [-0.1, -0.05) is 12.1 Å². The number of methoxy groups -OCH3 is 1. The summed E-state index contributed by atoms with van der Waals surface area (Å²) in [5.41, 5.74) is -0.511. The van der Waals surface area contributed by atoms with Crippen LogP contribution in [0.15, 0.2) is 24.3 Å². The third kappa shape index (κ3) is 1.62. The molecule has 0 radical (unpaired) electrons. The summed E-state index contributed by atoms with van der Waals surface area (Å²) in [6.07, 6.45) is 0. The highest BCUT2D eigenvalue weighted by atomic mass is 16.5. The van der Waals surface area contributed by atoms with E-state index in [0.717, 1.165) is 0 Å². The summed E-state index contributed by atoms with van der Waals surface area (Å²) < 4.78 is 5.08. The fourth-order valence-electron chi connectivity index (χ4n) is 1.79. The van der Waals surface area contributed by atoms with Crippen molar-refractivity contribution >= 4 is 11.9 Å². The second kappa shape index (κ2) is 3.74. The van der Waals surface area contributed by atoms with Gasteiger partial charge in [0.05, 0.1) is 7.11 Å². The van der Waals surface area contributed by atoms with Gasteiger partial charge in [0.2, 0.25) is 0 Å². The van der Waals surface area contributed by atoms with Crippen LogP contribution in [0.2, 0.25) is 0 Å². The van der Waals surface area contributed by atoms with E-state index in [1.165, 1.54) is 7.11 Å². The largest absolute Gasteiger partial charge is 0.497 e. The number of imide groups is 1. The van der Waals surface area contributed by atoms with Crippen LogP contribution in [0.5, 0.6) is 5.75 Å². The lowest BCUT2D eigenvalue weighted by Gasteiger charge is -2.21. The molecule has 1 saturated heterocycles. The van der Waals surface area contributed by atoms with Crippen LogP contribution >= 0.6 is 0 Å². The fraction of sp³-hybridized carbons (Fsp3) is 0.273. The van der Waals surface area contributed by atoms with Crippen LogP contribution in [-0.4, -0.2) is 24.1 Å². The zero-order valence-electron chi connectivity index (χ0n) is 9.56. The maximum Gasteiger partial charge on any atom is 0.339 e. The molecule has 0 unspecified atom stereocenters. The number of nitrogens with one attached hydrogen (secondary N) is 1. The predicted octanol–water partition coefficient (Wildman–Crippen LogP) is 0.336. The normalized spacial score (nSPS) is 23.8. The number of carbonyl (C=O) groups excluding carboxylic acids is 2. The molecule has 0 spiro atoms.